The second-order valence-corrected chi connectivity index (χ2v) is 8.36. The monoisotopic (exact) mass is 479 g/mol. The Bertz CT molecular complexity index is 1440. The molecule has 0 fully saturated rings. The average Bonchev–Trinajstić information content (AvgIpc) is 3.17. The molecule has 0 saturated carbocycles. The third-order valence-corrected chi connectivity index (χ3v) is 5.70. The fraction of sp³-hybridized carbons (Fsp3) is 0.160. The van der Waals surface area contributed by atoms with Gasteiger partial charge in [-0.25, -0.2) is 4.39 Å². The van der Waals surface area contributed by atoms with Crippen molar-refractivity contribution in [1.29, 1.82) is 0 Å². The molecule has 3 heterocycles. The average molecular weight is 480 g/mol. The van der Waals surface area contributed by atoms with E-state index in [1.54, 1.807) is 41.5 Å². The van der Waals surface area contributed by atoms with Crippen LogP contribution < -0.4 is 16.2 Å². The van der Waals surface area contributed by atoms with Gasteiger partial charge in [0.2, 0.25) is 5.91 Å². The lowest BCUT2D eigenvalue weighted by atomic mass is 10.1. The number of aromatic nitrogens is 3. The molecule has 0 unspecified atom stereocenters. The zero-order valence-electron chi connectivity index (χ0n) is 18.5. The molecule has 1 amide bonds. The first-order valence-corrected chi connectivity index (χ1v) is 10.9. The first-order valence-electron chi connectivity index (χ1n) is 10.6. The molecule has 34 heavy (non-hydrogen) atoms. The van der Waals surface area contributed by atoms with Crippen LogP contribution in [0.1, 0.15) is 29.2 Å². The highest BCUT2D eigenvalue weighted by atomic mass is 35.5. The summed E-state index contributed by atoms with van der Waals surface area (Å²) in [6.45, 7) is 6.32. The molecule has 0 spiro atoms. The Morgan fingerprint density at radius 2 is 2.00 bits per heavy atom. The number of carbonyl (C=O) groups is 1. The highest BCUT2D eigenvalue weighted by Gasteiger charge is 2.10. The third-order valence-electron chi connectivity index (χ3n) is 5.39. The van der Waals surface area contributed by atoms with E-state index >= 15 is 0 Å². The van der Waals surface area contributed by atoms with Crippen LogP contribution in [-0.4, -0.2) is 20.4 Å². The van der Waals surface area contributed by atoms with Gasteiger partial charge < -0.3 is 20.2 Å². The number of aromatic amines is 1. The van der Waals surface area contributed by atoms with Crippen LogP contribution in [0.3, 0.4) is 0 Å². The van der Waals surface area contributed by atoms with Gasteiger partial charge in [-0.05, 0) is 35.4 Å². The molecule has 0 radical (unpaired) electrons. The Hall–Kier alpha value is -3.91. The van der Waals surface area contributed by atoms with Crippen LogP contribution in [0.15, 0.2) is 66.5 Å². The molecule has 7 nitrogen and oxygen atoms in total. The standard InChI is InChI=1S/C25H23ClFN5O2/c1-15(29-12-20-7-21-22(26)13-31-24(21)8-23(20)27)19-5-18(9-28-11-19)14-32-4-3-17(6-25(32)34)10-30-16(2)33/h3-9,11,13,29,31H,1,10,12,14H2,2H3,(H,30,33). The van der Waals surface area contributed by atoms with Crippen LogP contribution >= 0.6 is 11.6 Å². The first kappa shape index (κ1) is 23.3. The van der Waals surface area contributed by atoms with Crippen molar-refractivity contribution in [2.24, 2.45) is 0 Å². The topological polar surface area (TPSA) is 91.8 Å². The van der Waals surface area contributed by atoms with Gasteiger partial charge in [0.25, 0.3) is 5.56 Å². The Morgan fingerprint density at radius 3 is 2.76 bits per heavy atom. The molecule has 0 atom stereocenters. The van der Waals surface area contributed by atoms with E-state index in [-0.39, 0.29) is 23.8 Å². The predicted molar refractivity (Wildman–Crippen MR) is 131 cm³/mol. The van der Waals surface area contributed by atoms with Crippen molar-refractivity contribution < 1.29 is 9.18 Å². The summed E-state index contributed by atoms with van der Waals surface area (Å²) in [5.41, 5.74) is 3.77. The summed E-state index contributed by atoms with van der Waals surface area (Å²) in [5, 5.41) is 7.09. The first-order chi connectivity index (χ1) is 16.3. The van der Waals surface area contributed by atoms with Crippen LogP contribution in [-0.2, 0) is 24.4 Å². The molecule has 174 valence electrons. The number of carbonyl (C=O) groups excluding carboxylic acids is 1. The number of hydrogen-bond donors (Lipinski definition) is 3. The molecule has 9 heteroatoms. The molecule has 3 aromatic heterocycles. The Labute approximate surface area is 200 Å². The minimum Gasteiger partial charge on any atom is -0.381 e. The van der Waals surface area contributed by atoms with E-state index in [0.29, 0.717) is 34.9 Å². The van der Waals surface area contributed by atoms with Gasteiger partial charge in [-0.15, -0.1) is 0 Å². The van der Waals surface area contributed by atoms with E-state index in [1.807, 2.05) is 6.07 Å². The third kappa shape index (κ3) is 5.35. The van der Waals surface area contributed by atoms with E-state index in [9.17, 15) is 14.0 Å². The zero-order valence-corrected chi connectivity index (χ0v) is 19.2. The molecule has 1 aromatic carbocycles. The number of amides is 1. The minimum absolute atomic E-state index is 0.155. The largest absolute Gasteiger partial charge is 0.381 e. The molecule has 0 aliphatic rings. The lowest BCUT2D eigenvalue weighted by Gasteiger charge is -2.12. The van der Waals surface area contributed by atoms with Gasteiger partial charge in [-0.3, -0.25) is 14.6 Å². The van der Waals surface area contributed by atoms with Crippen LogP contribution in [0.25, 0.3) is 16.6 Å². The molecule has 0 aliphatic heterocycles. The second-order valence-electron chi connectivity index (χ2n) is 7.95. The highest BCUT2D eigenvalue weighted by molar-refractivity contribution is 6.35. The number of rotatable bonds is 8. The summed E-state index contributed by atoms with van der Waals surface area (Å²) in [6.07, 6.45) is 6.64. The van der Waals surface area contributed by atoms with E-state index in [0.717, 1.165) is 22.1 Å². The molecular weight excluding hydrogens is 457 g/mol. The molecule has 3 N–H and O–H groups in total. The second kappa shape index (κ2) is 9.93. The summed E-state index contributed by atoms with van der Waals surface area (Å²) in [4.78, 5) is 30.7. The molecule has 4 rings (SSSR count). The summed E-state index contributed by atoms with van der Waals surface area (Å²) >= 11 is 6.15. The van der Waals surface area contributed by atoms with Gasteiger partial charge in [0, 0.05) is 78.6 Å². The number of halogens is 2. The summed E-state index contributed by atoms with van der Waals surface area (Å²) in [7, 11) is 0. The number of nitrogens with zero attached hydrogens (tertiary/aromatic N) is 2. The zero-order chi connectivity index (χ0) is 24.2. The van der Waals surface area contributed by atoms with Gasteiger partial charge >= 0.3 is 0 Å². The minimum atomic E-state index is -0.348. The molecular formula is C25H23ClFN5O2. The normalized spacial score (nSPS) is 10.9. The fourth-order valence-corrected chi connectivity index (χ4v) is 3.76. The lowest BCUT2D eigenvalue weighted by Crippen LogP contribution is -2.23. The van der Waals surface area contributed by atoms with Crippen LogP contribution in [0.5, 0.6) is 0 Å². The maximum Gasteiger partial charge on any atom is 0.251 e. The smallest absolute Gasteiger partial charge is 0.251 e. The van der Waals surface area contributed by atoms with Gasteiger partial charge in [-0.2, -0.15) is 0 Å². The Kier molecular flexibility index (Phi) is 6.79. The number of nitrogens with one attached hydrogen (secondary N) is 3. The summed E-state index contributed by atoms with van der Waals surface area (Å²) in [5.74, 6) is -0.503. The van der Waals surface area contributed by atoms with E-state index < -0.39 is 0 Å². The van der Waals surface area contributed by atoms with Gasteiger partial charge in [0.1, 0.15) is 5.82 Å². The van der Waals surface area contributed by atoms with Crippen LogP contribution in [0.4, 0.5) is 4.39 Å². The van der Waals surface area contributed by atoms with Gasteiger partial charge in [0.15, 0.2) is 0 Å². The van der Waals surface area contributed by atoms with Gasteiger partial charge in [-0.1, -0.05) is 18.2 Å². The molecule has 4 aromatic rings. The van der Waals surface area contributed by atoms with Crippen molar-refractivity contribution in [2.45, 2.75) is 26.6 Å². The van der Waals surface area contributed by atoms with Gasteiger partial charge in [0.05, 0.1) is 11.6 Å². The SMILES string of the molecule is C=C(NCc1cc2c(Cl)c[nH]c2cc1F)c1cncc(Cn2ccc(CNC(C)=O)cc2=O)c1. The van der Waals surface area contributed by atoms with E-state index in [1.165, 1.54) is 19.1 Å². The highest BCUT2D eigenvalue weighted by Crippen LogP contribution is 2.26. The van der Waals surface area contributed by atoms with Crippen molar-refractivity contribution in [2.75, 3.05) is 0 Å². The van der Waals surface area contributed by atoms with E-state index in [2.05, 4.69) is 27.2 Å². The molecule has 0 saturated heterocycles. The number of benzene rings is 1. The van der Waals surface area contributed by atoms with Crippen molar-refractivity contribution in [3.63, 3.8) is 0 Å². The molecule has 0 aliphatic carbocycles. The summed E-state index contributed by atoms with van der Waals surface area (Å²) < 4.78 is 16.0. The van der Waals surface area contributed by atoms with Crippen molar-refractivity contribution in [3.05, 3.63) is 105 Å². The van der Waals surface area contributed by atoms with Crippen molar-refractivity contribution in [3.8, 4) is 0 Å². The number of fused-ring (bicyclic) bond motifs is 1. The maximum absolute atomic E-state index is 14.4. The van der Waals surface area contributed by atoms with Crippen molar-refractivity contribution >= 4 is 34.1 Å². The predicted octanol–water partition coefficient (Wildman–Crippen LogP) is 3.96. The maximum atomic E-state index is 14.4. The van der Waals surface area contributed by atoms with Crippen molar-refractivity contribution in [1.82, 2.24) is 25.2 Å². The number of hydrogen-bond acceptors (Lipinski definition) is 4. The van der Waals surface area contributed by atoms with Crippen LogP contribution in [0, 0.1) is 5.82 Å². The summed E-state index contributed by atoms with van der Waals surface area (Å²) in [6, 6.07) is 8.29. The number of H-pyrrole nitrogens is 1. The lowest BCUT2D eigenvalue weighted by molar-refractivity contribution is -0.119. The Morgan fingerprint density at radius 1 is 1.18 bits per heavy atom. The van der Waals surface area contributed by atoms with Crippen LogP contribution in [0.2, 0.25) is 5.02 Å². The quantitative estimate of drug-likeness (QED) is 0.356. The Balaban J connectivity index is 1.43. The molecule has 0 bridgehead atoms. The van der Waals surface area contributed by atoms with E-state index in [4.69, 9.17) is 11.6 Å². The number of pyridine rings is 2. The fourth-order valence-electron chi connectivity index (χ4n) is 3.55.